The zero-order chi connectivity index (χ0) is 18.2. The lowest BCUT2D eigenvalue weighted by molar-refractivity contribution is -0.132. The zero-order valence-corrected chi connectivity index (χ0v) is 15.0. The van der Waals surface area contributed by atoms with E-state index in [0.717, 1.165) is 29.1 Å². The molecule has 1 saturated carbocycles. The van der Waals surface area contributed by atoms with E-state index in [1.54, 1.807) is 6.92 Å². The normalized spacial score (nSPS) is 24.6. The number of β-amino-alcohol motifs (C(OH)–C–C–N with tert-alkyl or cyclic N) is 1. The summed E-state index contributed by atoms with van der Waals surface area (Å²) in [7, 11) is 0. The number of amides is 3. The first-order valence-electron chi connectivity index (χ1n) is 8.87. The molecule has 2 N–H and O–H groups in total. The van der Waals surface area contributed by atoms with Crippen LogP contribution < -0.4 is 10.1 Å². The van der Waals surface area contributed by atoms with Gasteiger partial charge in [-0.05, 0) is 43.2 Å². The predicted octanol–water partition coefficient (Wildman–Crippen LogP) is 2.27. The lowest BCUT2D eigenvalue weighted by Crippen LogP contribution is -2.46. The first-order valence-corrected chi connectivity index (χ1v) is 8.87. The second kappa shape index (κ2) is 6.67. The van der Waals surface area contributed by atoms with E-state index >= 15 is 0 Å². The molecule has 1 aliphatic heterocycles. The Morgan fingerprint density at radius 1 is 1.32 bits per heavy atom. The number of rotatable bonds is 7. The van der Waals surface area contributed by atoms with Crippen LogP contribution in [-0.2, 0) is 4.79 Å². The number of urea groups is 1. The van der Waals surface area contributed by atoms with Crippen LogP contribution in [0.1, 0.15) is 45.1 Å². The lowest BCUT2D eigenvalue weighted by Gasteiger charge is -2.22. The topological polar surface area (TPSA) is 78.9 Å². The highest BCUT2D eigenvalue weighted by atomic mass is 16.5. The Morgan fingerprint density at radius 3 is 2.64 bits per heavy atom. The van der Waals surface area contributed by atoms with Gasteiger partial charge in [0.1, 0.15) is 24.0 Å². The third kappa shape index (κ3) is 3.49. The number of nitrogens with one attached hydrogen (secondary N) is 1. The van der Waals surface area contributed by atoms with Crippen molar-refractivity contribution < 1.29 is 19.4 Å². The molecule has 1 aromatic rings. The fourth-order valence-electron chi connectivity index (χ4n) is 3.36. The molecule has 0 aromatic heterocycles. The van der Waals surface area contributed by atoms with Crippen LogP contribution >= 0.6 is 0 Å². The first-order chi connectivity index (χ1) is 11.8. The molecule has 2 atom stereocenters. The monoisotopic (exact) mass is 346 g/mol. The van der Waals surface area contributed by atoms with E-state index in [1.807, 2.05) is 24.3 Å². The molecule has 3 amide bonds. The number of para-hydroxylation sites is 1. The molecule has 2 fully saturated rings. The summed E-state index contributed by atoms with van der Waals surface area (Å²) in [5.74, 6) is 0.983. The number of aliphatic hydroxyl groups excluding tert-OH is 1. The number of imide groups is 1. The predicted molar refractivity (Wildman–Crippen MR) is 93.4 cm³/mol. The maximum Gasteiger partial charge on any atom is 0.325 e. The number of ether oxygens (including phenoxy) is 1. The highest BCUT2D eigenvalue weighted by Gasteiger charge is 2.56. The van der Waals surface area contributed by atoms with E-state index in [0.29, 0.717) is 5.92 Å². The second-order valence-electron chi connectivity index (χ2n) is 7.48. The molecule has 6 nitrogen and oxygen atoms in total. The Labute approximate surface area is 148 Å². The van der Waals surface area contributed by atoms with Crippen molar-refractivity contribution in [1.29, 1.82) is 0 Å². The quantitative estimate of drug-likeness (QED) is 0.743. The second-order valence-corrected chi connectivity index (χ2v) is 7.48. The number of carbonyl (C=O) groups excluding carboxylic acids is 2. The fourth-order valence-corrected chi connectivity index (χ4v) is 3.36. The van der Waals surface area contributed by atoms with E-state index in [4.69, 9.17) is 4.74 Å². The van der Waals surface area contributed by atoms with Crippen molar-refractivity contribution >= 4 is 11.9 Å². The van der Waals surface area contributed by atoms with E-state index in [-0.39, 0.29) is 25.0 Å². The van der Waals surface area contributed by atoms with Gasteiger partial charge in [-0.1, -0.05) is 32.0 Å². The fraction of sp³-hybridized carbons (Fsp3) is 0.579. The van der Waals surface area contributed by atoms with Gasteiger partial charge in [0.2, 0.25) is 0 Å². The maximum absolute atomic E-state index is 12.6. The van der Waals surface area contributed by atoms with E-state index in [9.17, 15) is 14.7 Å². The van der Waals surface area contributed by atoms with Crippen LogP contribution in [0, 0.1) is 5.92 Å². The SMILES string of the molecule is CC(C)c1ccccc1OC[C@@H](O)CN1C(=O)N[C@@](C)(C2CC2)C1=O. The highest BCUT2D eigenvalue weighted by Crippen LogP contribution is 2.42. The Morgan fingerprint density at radius 2 is 2.00 bits per heavy atom. The molecule has 136 valence electrons. The average Bonchev–Trinajstić information content (AvgIpc) is 3.39. The molecule has 3 rings (SSSR count). The summed E-state index contributed by atoms with van der Waals surface area (Å²) in [6.45, 7) is 5.89. The molecule has 6 heteroatoms. The zero-order valence-electron chi connectivity index (χ0n) is 15.0. The lowest BCUT2D eigenvalue weighted by atomic mass is 9.96. The summed E-state index contributed by atoms with van der Waals surface area (Å²) in [5.41, 5.74) is 0.244. The summed E-state index contributed by atoms with van der Waals surface area (Å²) < 4.78 is 5.73. The molecule has 25 heavy (non-hydrogen) atoms. The van der Waals surface area contributed by atoms with Crippen molar-refractivity contribution in [2.75, 3.05) is 13.2 Å². The summed E-state index contributed by atoms with van der Waals surface area (Å²) in [6.07, 6.45) is 0.971. The van der Waals surface area contributed by atoms with Gasteiger partial charge in [-0.25, -0.2) is 4.79 Å². The van der Waals surface area contributed by atoms with Gasteiger partial charge >= 0.3 is 6.03 Å². The molecule has 1 aromatic carbocycles. The van der Waals surface area contributed by atoms with Gasteiger partial charge < -0.3 is 15.2 Å². The van der Waals surface area contributed by atoms with Crippen molar-refractivity contribution in [3.63, 3.8) is 0 Å². The van der Waals surface area contributed by atoms with Gasteiger partial charge in [-0.2, -0.15) is 0 Å². The van der Waals surface area contributed by atoms with Crippen molar-refractivity contribution in [3.05, 3.63) is 29.8 Å². The minimum atomic E-state index is -0.934. The summed E-state index contributed by atoms with van der Waals surface area (Å²) in [6, 6.07) is 7.25. The number of carbonyl (C=O) groups is 2. The van der Waals surface area contributed by atoms with E-state index in [2.05, 4.69) is 19.2 Å². The molecular weight excluding hydrogens is 320 g/mol. The summed E-state index contributed by atoms with van der Waals surface area (Å²) in [5, 5.41) is 13.0. The molecule has 0 radical (unpaired) electrons. The number of hydrogen-bond acceptors (Lipinski definition) is 4. The molecule has 0 unspecified atom stereocenters. The average molecular weight is 346 g/mol. The number of hydrogen-bond donors (Lipinski definition) is 2. The van der Waals surface area contributed by atoms with Gasteiger partial charge in [0.15, 0.2) is 0 Å². The standard InChI is InChI=1S/C19H26N2O4/c1-12(2)15-6-4-5-7-16(15)25-11-14(22)10-21-17(23)19(3,13-8-9-13)20-18(21)24/h4-7,12-14,22H,8-11H2,1-3H3,(H,20,24)/t14-,19-/m0/s1. The number of benzene rings is 1. The van der Waals surface area contributed by atoms with Crippen molar-refractivity contribution in [3.8, 4) is 5.75 Å². The summed E-state index contributed by atoms with van der Waals surface area (Å²) in [4.78, 5) is 25.8. The van der Waals surface area contributed by atoms with Crippen molar-refractivity contribution in [2.24, 2.45) is 5.92 Å². The van der Waals surface area contributed by atoms with Crippen LogP contribution in [0.3, 0.4) is 0 Å². The molecule has 1 heterocycles. The van der Waals surface area contributed by atoms with Crippen molar-refractivity contribution in [1.82, 2.24) is 10.2 Å². The molecule has 2 aliphatic rings. The minimum absolute atomic E-state index is 0.0287. The maximum atomic E-state index is 12.6. The van der Waals surface area contributed by atoms with Gasteiger partial charge in [-0.15, -0.1) is 0 Å². The van der Waals surface area contributed by atoms with Gasteiger partial charge in [0, 0.05) is 0 Å². The first kappa shape index (κ1) is 17.7. The van der Waals surface area contributed by atoms with Crippen LogP contribution in [-0.4, -0.2) is 46.7 Å². The highest BCUT2D eigenvalue weighted by molar-refractivity contribution is 6.07. The van der Waals surface area contributed by atoms with Crippen LogP contribution in [0.2, 0.25) is 0 Å². The van der Waals surface area contributed by atoms with Gasteiger partial charge in [0.25, 0.3) is 5.91 Å². The largest absolute Gasteiger partial charge is 0.491 e. The molecule has 1 aliphatic carbocycles. The number of nitrogens with zero attached hydrogens (tertiary/aromatic N) is 1. The van der Waals surface area contributed by atoms with E-state index in [1.165, 1.54) is 0 Å². The Hall–Kier alpha value is -2.08. The Balaban J connectivity index is 1.59. The van der Waals surface area contributed by atoms with Crippen LogP contribution in [0.25, 0.3) is 0 Å². The van der Waals surface area contributed by atoms with Crippen LogP contribution in [0.5, 0.6) is 5.75 Å². The molecule has 1 saturated heterocycles. The van der Waals surface area contributed by atoms with Crippen LogP contribution in [0.15, 0.2) is 24.3 Å². The third-order valence-corrected chi connectivity index (χ3v) is 5.06. The smallest absolute Gasteiger partial charge is 0.325 e. The molecule has 0 bridgehead atoms. The van der Waals surface area contributed by atoms with Crippen molar-refractivity contribution in [2.45, 2.75) is 51.2 Å². The Kier molecular flexibility index (Phi) is 4.73. The van der Waals surface area contributed by atoms with Gasteiger partial charge in [-0.3, -0.25) is 9.69 Å². The van der Waals surface area contributed by atoms with E-state index < -0.39 is 17.7 Å². The third-order valence-electron chi connectivity index (χ3n) is 5.06. The Bertz CT molecular complexity index is 671. The molecule has 0 spiro atoms. The molecular formula is C19H26N2O4. The van der Waals surface area contributed by atoms with Gasteiger partial charge in [0.05, 0.1) is 6.54 Å². The van der Waals surface area contributed by atoms with Crippen LogP contribution in [0.4, 0.5) is 4.79 Å². The number of aliphatic hydroxyl groups is 1. The summed E-state index contributed by atoms with van der Waals surface area (Å²) >= 11 is 0. The minimum Gasteiger partial charge on any atom is -0.491 e.